The van der Waals surface area contributed by atoms with E-state index < -0.39 is 19.0 Å². The third-order valence-corrected chi connectivity index (χ3v) is 3.53. The summed E-state index contributed by atoms with van der Waals surface area (Å²) < 4.78 is 29.4. The van der Waals surface area contributed by atoms with Crippen molar-refractivity contribution in [2.45, 2.75) is 19.8 Å². The van der Waals surface area contributed by atoms with Crippen LogP contribution in [0.4, 0.5) is 14.5 Å². The molecule has 0 radical (unpaired) electrons. The van der Waals surface area contributed by atoms with Crippen molar-refractivity contribution in [2.24, 2.45) is 5.92 Å². The molecule has 120 valence electrons. The van der Waals surface area contributed by atoms with Gasteiger partial charge >= 0.3 is 0 Å². The lowest BCUT2D eigenvalue weighted by Gasteiger charge is -2.13. The molecule has 2 rings (SSSR count). The zero-order valence-corrected chi connectivity index (χ0v) is 12.4. The Labute approximate surface area is 127 Å². The average Bonchev–Trinajstić information content (AvgIpc) is 2.79. The Morgan fingerprint density at radius 3 is 2.82 bits per heavy atom. The summed E-state index contributed by atoms with van der Waals surface area (Å²) in [5, 5.41) is 2.69. The van der Waals surface area contributed by atoms with Crippen LogP contribution in [0.5, 0.6) is 5.75 Å². The van der Waals surface area contributed by atoms with Gasteiger partial charge in [-0.2, -0.15) is 0 Å². The van der Waals surface area contributed by atoms with Crippen molar-refractivity contribution < 1.29 is 23.1 Å². The van der Waals surface area contributed by atoms with Gasteiger partial charge in [-0.05, 0) is 18.6 Å². The van der Waals surface area contributed by atoms with Gasteiger partial charge in [-0.15, -0.1) is 0 Å². The number of ether oxygens (including phenoxy) is 1. The summed E-state index contributed by atoms with van der Waals surface area (Å²) in [4.78, 5) is 25.1. The second-order valence-electron chi connectivity index (χ2n) is 5.35. The molecule has 1 aliphatic rings. The fourth-order valence-electron chi connectivity index (χ4n) is 2.27. The highest BCUT2D eigenvalue weighted by molar-refractivity contribution is 5.97. The highest BCUT2D eigenvalue weighted by atomic mass is 19.3. The van der Waals surface area contributed by atoms with E-state index in [9.17, 15) is 18.4 Å². The smallest absolute Gasteiger partial charge is 0.272 e. The molecule has 0 bridgehead atoms. The van der Waals surface area contributed by atoms with Crippen LogP contribution in [0.3, 0.4) is 0 Å². The van der Waals surface area contributed by atoms with Crippen molar-refractivity contribution in [2.75, 3.05) is 25.5 Å². The van der Waals surface area contributed by atoms with Gasteiger partial charge in [0.1, 0.15) is 12.4 Å². The molecule has 0 aliphatic carbocycles. The minimum Gasteiger partial charge on any atom is -0.487 e. The lowest BCUT2D eigenvalue weighted by molar-refractivity contribution is -0.127. The van der Waals surface area contributed by atoms with Crippen LogP contribution in [0, 0.1) is 12.8 Å². The van der Waals surface area contributed by atoms with E-state index in [0.717, 1.165) is 0 Å². The molecule has 0 saturated carbocycles. The molecule has 22 heavy (non-hydrogen) atoms. The first-order valence-electron chi connectivity index (χ1n) is 6.93. The molecule has 7 heteroatoms. The molecule has 2 amide bonds. The Hall–Kier alpha value is -2.18. The lowest BCUT2D eigenvalue weighted by atomic mass is 10.1. The Bertz CT molecular complexity index is 578. The average molecular weight is 312 g/mol. The molecule has 1 aromatic rings. The van der Waals surface area contributed by atoms with Crippen LogP contribution >= 0.6 is 0 Å². The van der Waals surface area contributed by atoms with Gasteiger partial charge in [-0.3, -0.25) is 9.59 Å². The van der Waals surface area contributed by atoms with Crippen LogP contribution in [0.1, 0.15) is 12.0 Å². The summed E-state index contributed by atoms with van der Waals surface area (Å²) >= 11 is 0. The number of alkyl halides is 2. The van der Waals surface area contributed by atoms with Crippen LogP contribution in [0.2, 0.25) is 0 Å². The number of aryl methyl sites for hydroxylation is 1. The van der Waals surface area contributed by atoms with Gasteiger partial charge in [0, 0.05) is 31.8 Å². The van der Waals surface area contributed by atoms with E-state index in [2.05, 4.69) is 5.32 Å². The van der Waals surface area contributed by atoms with Crippen molar-refractivity contribution in [1.82, 2.24) is 4.90 Å². The summed E-state index contributed by atoms with van der Waals surface area (Å²) in [6.45, 7) is 1.42. The van der Waals surface area contributed by atoms with Gasteiger partial charge in [0.2, 0.25) is 11.8 Å². The predicted molar refractivity (Wildman–Crippen MR) is 77.1 cm³/mol. The number of amides is 2. The van der Waals surface area contributed by atoms with Crippen molar-refractivity contribution in [3.63, 3.8) is 0 Å². The number of likely N-dealkylation sites (tertiary alicyclic amines) is 1. The predicted octanol–water partition coefficient (Wildman–Crippen LogP) is 2.06. The van der Waals surface area contributed by atoms with E-state index in [1.54, 1.807) is 26.1 Å². The van der Waals surface area contributed by atoms with Crippen molar-refractivity contribution in [3.05, 3.63) is 23.8 Å². The maximum atomic E-state index is 12.2. The number of carbonyl (C=O) groups excluding carboxylic acids is 2. The van der Waals surface area contributed by atoms with Crippen molar-refractivity contribution in [3.8, 4) is 5.75 Å². The summed E-state index contributed by atoms with van der Waals surface area (Å²) in [5.74, 6) is -0.423. The second-order valence-corrected chi connectivity index (χ2v) is 5.35. The maximum absolute atomic E-state index is 12.2. The van der Waals surface area contributed by atoms with Gasteiger partial charge < -0.3 is 15.0 Å². The van der Waals surface area contributed by atoms with Gasteiger partial charge in [-0.1, -0.05) is 6.07 Å². The Kier molecular flexibility index (Phi) is 4.95. The van der Waals surface area contributed by atoms with Crippen molar-refractivity contribution >= 4 is 17.5 Å². The molecule has 1 aromatic carbocycles. The zero-order chi connectivity index (χ0) is 16.3. The summed E-state index contributed by atoms with van der Waals surface area (Å²) in [6.07, 6.45) is -2.37. The maximum Gasteiger partial charge on any atom is 0.272 e. The van der Waals surface area contributed by atoms with Gasteiger partial charge in [0.15, 0.2) is 0 Å². The number of hydrogen-bond donors (Lipinski definition) is 1. The van der Waals surface area contributed by atoms with E-state index in [-0.39, 0.29) is 18.2 Å². The van der Waals surface area contributed by atoms with E-state index >= 15 is 0 Å². The van der Waals surface area contributed by atoms with Gasteiger partial charge in [0.25, 0.3) is 6.43 Å². The fourth-order valence-corrected chi connectivity index (χ4v) is 2.27. The molecular weight excluding hydrogens is 294 g/mol. The molecule has 1 fully saturated rings. The third-order valence-electron chi connectivity index (χ3n) is 3.53. The molecule has 1 heterocycles. The SMILES string of the molecule is Cc1ccc(NC(=O)[C@H]2CC(=O)N(C)C2)cc1OCC(F)F. The monoisotopic (exact) mass is 312 g/mol. The van der Waals surface area contributed by atoms with E-state index in [0.29, 0.717) is 23.5 Å². The molecule has 0 spiro atoms. The number of benzene rings is 1. The molecular formula is C15H18F2N2O3. The van der Waals surface area contributed by atoms with Crippen LogP contribution in [-0.4, -0.2) is 43.3 Å². The minimum atomic E-state index is -2.56. The van der Waals surface area contributed by atoms with E-state index in [4.69, 9.17) is 4.74 Å². The summed E-state index contributed by atoms with van der Waals surface area (Å²) in [6, 6.07) is 4.86. The third kappa shape index (κ3) is 3.93. The molecule has 1 aliphatic heterocycles. The molecule has 0 aromatic heterocycles. The topological polar surface area (TPSA) is 58.6 Å². The fraction of sp³-hybridized carbons (Fsp3) is 0.467. The highest BCUT2D eigenvalue weighted by Gasteiger charge is 2.32. The number of carbonyl (C=O) groups is 2. The first kappa shape index (κ1) is 16.2. The number of rotatable bonds is 5. The number of nitrogens with one attached hydrogen (secondary N) is 1. The van der Waals surface area contributed by atoms with Crippen LogP contribution in [0.15, 0.2) is 18.2 Å². The normalized spacial score (nSPS) is 18.0. The van der Waals surface area contributed by atoms with Crippen LogP contribution in [0.25, 0.3) is 0 Å². The first-order chi connectivity index (χ1) is 10.4. The Balaban J connectivity index is 2.02. The standard InChI is InChI=1S/C15H18F2N2O3/c1-9-3-4-11(6-12(9)22-8-13(16)17)18-15(21)10-5-14(20)19(2)7-10/h3-4,6,10,13H,5,7-8H2,1-2H3,(H,18,21)/t10-/m0/s1. The number of anilines is 1. The van der Waals surface area contributed by atoms with Crippen LogP contribution in [-0.2, 0) is 9.59 Å². The number of nitrogens with zero attached hydrogens (tertiary/aromatic N) is 1. The molecule has 1 saturated heterocycles. The molecule has 1 atom stereocenters. The largest absolute Gasteiger partial charge is 0.487 e. The van der Waals surface area contributed by atoms with Gasteiger partial charge in [0.05, 0.1) is 5.92 Å². The van der Waals surface area contributed by atoms with Gasteiger partial charge in [-0.25, -0.2) is 8.78 Å². The van der Waals surface area contributed by atoms with Crippen LogP contribution < -0.4 is 10.1 Å². The lowest BCUT2D eigenvalue weighted by Crippen LogP contribution is -2.25. The van der Waals surface area contributed by atoms with E-state index in [1.807, 2.05) is 0 Å². The number of halogens is 2. The Morgan fingerprint density at radius 2 is 2.23 bits per heavy atom. The highest BCUT2D eigenvalue weighted by Crippen LogP contribution is 2.24. The second kappa shape index (κ2) is 6.72. The molecule has 0 unspecified atom stereocenters. The van der Waals surface area contributed by atoms with E-state index in [1.165, 1.54) is 11.0 Å². The molecule has 5 nitrogen and oxygen atoms in total. The summed E-state index contributed by atoms with van der Waals surface area (Å²) in [5.41, 5.74) is 1.16. The summed E-state index contributed by atoms with van der Waals surface area (Å²) in [7, 11) is 1.65. The quantitative estimate of drug-likeness (QED) is 0.905. The Morgan fingerprint density at radius 1 is 1.50 bits per heavy atom. The number of hydrogen-bond acceptors (Lipinski definition) is 3. The van der Waals surface area contributed by atoms with Crippen molar-refractivity contribution in [1.29, 1.82) is 0 Å². The zero-order valence-electron chi connectivity index (χ0n) is 12.4. The molecule has 1 N–H and O–H groups in total. The first-order valence-corrected chi connectivity index (χ1v) is 6.93. The minimum absolute atomic E-state index is 0.0648.